The molecule has 3 aromatic rings. The number of fused-ring (bicyclic) bond motifs is 1. The molecule has 0 amide bonds. The van der Waals surface area contributed by atoms with Crippen LogP contribution in [0.15, 0.2) is 54.6 Å². The molecule has 0 aliphatic carbocycles. The maximum atomic E-state index is 4.85. The van der Waals surface area contributed by atoms with Gasteiger partial charge in [-0.25, -0.2) is 4.98 Å². The van der Waals surface area contributed by atoms with Crippen molar-refractivity contribution in [3.8, 4) is 0 Å². The molecule has 0 radical (unpaired) electrons. The largest absolute Gasteiger partial charge is 0.353 e. The van der Waals surface area contributed by atoms with Crippen LogP contribution in [0, 0.1) is 0 Å². The van der Waals surface area contributed by atoms with Crippen LogP contribution in [-0.4, -0.2) is 28.7 Å². The van der Waals surface area contributed by atoms with E-state index in [1.165, 1.54) is 11.1 Å². The molecule has 4 nitrogen and oxygen atoms in total. The topological polar surface area (TPSA) is 41.9 Å². The van der Waals surface area contributed by atoms with Crippen molar-refractivity contribution in [2.75, 3.05) is 18.4 Å². The van der Waals surface area contributed by atoms with Crippen LogP contribution in [0.1, 0.15) is 18.4 Å². The number of anilines is 1. The van der Waals surface area contributed by atoms with Gasteiger partial charge in [0.15, 0.2) is 0 Å². The Morgan fingerprint density at radius 3 is 2.58 bits per heavy atom. The minimum atomic E-state index is 0.513. The molecule has 2 aromatic carbocycles. The first-order valence-corrected chi connectivity index (χ1v) is 8.86. The minimum absolute atomic E-state index is 0.513. The Hall–Kier alpha value is -2.33. The molecule has 1 aromatic heterocycles. The zero-order valence-electron chi connectivity index (χ0n) is 13.9. The quantitative estimate of drug-likeness (QED) is 0.757. The highest BCUT2D eigenvalue weighted by Gasteiger charge is 2.17. The summed E-state index contributed by atoms with van der Waals surface area (Å²) in [5, 5.41) is 7.11. The van der Waals surface area contributed by atoms with Crippen molar-refractivity contribution in [2.45, 2.75) is 31.8 Å². The lowest BCUT2D eigenvalue weighted by Gasteiger charge is -2.24. The summed E-state index contributed by atoms with van der Waals surface area (Å²) in [4.78, 5) is 4.85. The van der Waals surface area contributed by atoms with Crippen molar-refractivity contribution in [1.82, 2.24) is 14.9 Å². The number of nitrogens with zero attached hydrogens (tertiary/aromatic N) is 2. The normalized spacial score (nSPS) is 15.7. The maximum absolute atomic E-state index is 4.85. The van der Waals surface area contributed by atoms with Gasteiger partial charge in [-0.1, -0.05) is 42.5 Å². The zero-order valence-corrected chi connectivity index (χ0v) is 13.9. The predicted molar refractivity (Wildman–Crippen MR) is 99.4 cm³/mol. The predicted octanol–water partition coefficient (Wildman–Crippen LogP) is 3.44. The summed E-state index contributed by atoms with van der Waals surface area (Å²) in [6, 6.07) is 19.6. The number of piperidine rings is 1. The number of rotatable bonds is 5. The number of aromatic nitrogens is 2. The Bertz CT molecular complexity index is 788. The minimum Gasteiger partial charge on any atom is -0.353 e. The van der Waals surface area contributed by atoms with Crippen LogP contribution >= 0.6 is 0 Å². The number of para-hydroxylation sites is 2. The first kappa shape index (κ1) is 15.2. The van der Waals surface area contributed by atoms with E-state index < -0.39 is 0 Å². The fraction of sp³-hybridized carbons (Fsp3) is 0.350. The van der Waals surface area contributed by atoms with E-state index in [0.717, 1.165) is 50.4 Å². The monoisotopic (exact) mass is 320 g/mol. The highest BCUT2D eigenvalue weighted by atomic mass is 15.2. The molecule has 1 aliphatic heterocycles. The van der Waals surface area contributed by atoms with Gasteiger partial charge in [0.2, 0.25) is 5.95 Å². The van der Waals surface area contributed by atoms with Gasteiger partial charge in [0.1, 0.15) is 0 Å². The number of hydrogen-bond acceptors (Lipinski definition) is 3. The highest BCUT2D eigenvalue weighted by Crippen LogP contribution is 2.22. The summed E-state index contributed by atoms with van der Waals surface area (Å²) in [7, 11) is 0. The van der Waals surface area contributed by atoms with Crippen molar-refractivity contribution in [3.05, 3.63) is 60.2 Å². The van der Waals surface area contributed by atoms with Crippen LogP contribution in [0.5, 0.6) is 0 Å². The molecule has 1 saturated heterocycles. The molecule has 0 atom stereocenters. The van der Waals surface area contributed by atoms with Crippen LogP contribution in [-0.2, 0) is 13.0 Å². The second-order valence-corrected chi connectivity index (χ2v) is 6.48. The standard InChI is InChI=1S/C20H24N4/c1-2-6-16(7-3-1)12-15-24-19-9-5-4-8-18(19)23-20(24)22-17-10-13-21-14-11-17/h1-9,17,21H,10-15H2,(H,22,23). The van der Waals surface area contributed by atoms with E-state index in [0.29, 0.717) is 6.04 Å². The van der Waals surface area contributed by atoms with Gasteiger partial charge in [0.25, 0.3) is 0 Å². The molecule has 4 rings (SSSR count). The molecule has 0 saturated carbocycles. The van der Waals surface area contributed by atoms with E-state index >= 15 is 0 Å². The smallest absolute Gasteiger partial charge is 0.204 e. The molecule has 24 heavy (non-hydrogen) atoms. The molecular formula is C20H24N4. The summed E-state index contributed by atoms with van der Waals surface area (Å²) in [5.74, 6) is 1.01. The summed E-state index contributed by atoms with van der Waals surface area (Å²) in [6.45, 7) is 3.11. The Kier molecular flexibility index (Phi) is 4.47. The summed E-state index contributed by atoms with van der Waals surface area (Å²) >= 11 is 0. The SMILES string of the molecule is c1ccc(CCn2c(NC3CCNCC3)nc3ccccc32)cc1. The fourth-order valence-electron chi connectivity index (χ4n) is 3.45. The number of imidazole rings is 1. The average Bonchev–Trinajstić information content (AvgIpc) is 2.99. The Morgan fingerprint density at radius 1 is 1.00 bits per heavy atom. The van der Waals surface area contributed by atoms with Crippen LogP contribution < -0.4 is 10.6 Å². The molecule has 0 bridgehead atoms. The first-order valence-electron chi connectivity index (χ1n) is 8.86. The third kappa shape index (κ3) is 3.29. The summed E-state index contributed by atoms with van der Waals surface area (Å²) < 4.78 is 2.34. The van der Waals surface area contributed by atoms with Crippen LogP contribution in [0.2, 0.25) is 0 Å². The van der Waals surface area contributed by atoms with Gasteiger partial charge in [-0.2, -0.15) is 0 Å². The number of nitrogens with one attached hydrogen (secondary N) is 2. The maximum Gasteiger partial charge on any atom is 0.204 e. The van der Waals surface area contributed by atoms with E-state index in [4.69, 9.17) is 4.98 Å². The van der Waals surface area contributed by atoms with Crippen molar-refractivity contribution >= 4 is 17.0 Å². The fourth-order valence-corrected chi connectivity index (χ4v) is 3.45. The van der Waals surface area contributed by atoms with Crippen LogP contribution in [0.3, 0.4) is 0 Å². The third-order valence-electron chi connectivity index (χ3n) is 4.79. The van der Waals surface area contributed by atoms with Gasteiger partial charge in [-0.3, -0.25) is 0 Å². The van der Waals surface area contributed by atoms with E-state index in [2.05, 4.69) is 69.8 Å². The Balaban J connectivity index is 1.59. The van der Waals surface area contributed by atoms with Crippen molar-refractivity contribution in [3.63, 3.8) is 0 Å². The van der Waals surface area contributed by atoms with Crippen molar-refractivity contribution < 1.29 is 0 Å². The molecule has 1 fully saturated rings. The van der Waals surface area contributed by atoms with Gasteiger partial charge in [0, 0.05) is 12.6 Å². The molecule has 1 aliphatic rings. The van der Waals surface area contributed by atoms with Gasteiger partial charge >= 0.3 is 0 Å². The van der Waals surface area contributed by atoms with E-state index in [9.17, 15) is 0 Å². The van der Waals surface area contributed by atoms with Crippen LogP contribution in [0.4, 0.5) is 5.95 Å². The van der Waals surface area contributed by atoms with E-state index in [-0.39, 0.29) is 0 Å². The number of aryl methyl sites for hydroxylation is 2. The van der Waals surface area contributed by atoms with Gasteiger partial charge in [-0.15, -0.1) is 0 Å². The second kappa shape index (κ2) is 7.05. The summed E-state index contributed by atoms with van der Waals surface area (Å²) in [5.41, 5.74) is 3.65. The second-order valence-electron chi connectivity index (χ2n) is 6.48. The lowest BCUT2D eigenvalue weighted by Crippen LogP contribution is -2.36. The summed E-state index contributed by atoms with van der Waals surface area (Å²) in [6.07, 6.45) is 3.33. The third-order valence-corrected chi connectivity index (χ3v) is 4.79. The van der Waals surface area contributed by atoms with Gasteiger partial charge < -0.3 is 15.2 Å². The Morgan fingerprint density at radius 2 is 1.75 bits per heavy atom. The van der Waals surface area contributed by atoms with Crippen molar-refractivity contribution in [2.24, 2.45) is 0 Å². The average molecular weight is 320 g/mol. The molecule has 0 spiro atoms. The molecule has 2 N–H and O–H groups in total. The molecule has 0 unspecified atom stereocenters. The number of benzene rings is 2. The van der Waals surface area contributed by atoms with Crippen molar-refractivity contribution in [1.29, 1.82) is 0 Å². The molecule has 124 valence electrons. The first-order chi connectivity index (χ1) is 11.9. The number of hydrogen-bond donors (Lipinski definition) is 2. The Labute approximate surface area is 142 Å². The molecule has 4 heteroatoms. The van der Waals surface area contributed by atoms with E-state index in [1.54, 1.807) is 0 Å². The molecule has 2 heterocycles. The highest BCUT2D eigenvalue weighted by molar-refractivity contribution is 5.78. The van der Waals surface area contributed by atoms with Crippen LogP contribution in [0.25, 0.3) is 11.0 Å². The van der Waals surface area contributed by atoms with Gasteiger partial charge in [0.05, 0.1) is 11.0 Å². The lowest BCUT2D eigenvalue weighted by molar-refractivity contribution is 0.475. The van der Waals surface area contributed by atoms with Gasteiger partial charge in [-0.05, 0) is 50.0 Å². The van der Waals surface area contributed by atoms with E-state index in [1.807, 2.05) is 0 Å². The zero-order chi connectivity index (χ0) is 16.2. The molecular weight excluding hydrogens is 296 g/mol. The lowest BCUT2D eigenvalue weighted by atomic mass is 10.1.